The minimum Gasteiger partial charge on any atom is -0.497 e. The van der Waals surface area contributed by atoms with Gasteiger partial charge in [0, 0.05) is 23.4 Å². The van der Waals surface area contributed by atoms with Gasteiger partial charge in [0.2, 0.25) is 0 Å². The van der Waals surface area contributed by atoms with Crippen molar-refractivity contribution in [2.24, 2.45) is 0 Å². The lowest BCUT2D eigenvalue weighted by atomic mass is 9.98. The third kappa shape index (κ3) is 1.67. The number of hydrogen-bond donors (Lipinski definition) is 3. The molecule has 1 aromatic heterocycles. The number of nitrogens with zero attached hydrogens (tertiary/aromatic N) is 1. The van der Waals surface area contributed by atoms with Crippen LogP contribution >= 0.6 is 0 Å². The highest BCUT2D eigenvalue weighted by molar-refractivity contribution is 5.93. The zero-order valence-electron chi connectivity index (χ0n) is 9.73. The number of amides is 2. The molecular formula is C12H12N4O2. The van der Waals surface area contributed by atoms with Gasteiger partial charge < -0.3 is 15.4 Å². The molecule has 1 aromatic carbocycles. The summed E-state index contributed by atoms with van der Waals surface area (Å²) >= 11 is 0. The number of ether oxygens (including phenoxy) is 1. The minimum absolute atomic E-state index is 0.196. The number of urea groups is 1. The topological polar surface area (TPSA) is 79.0 Å². The van der Waals surface area contributed by atoms with Gasteiger partial charge in [-0.1, -0.05) is 6.07 Å². The molecule has 1 unspecified atom stereocenters. The third-order valence-corrected chi connectivity index (χ3v) is 2.95. The van der Waals surface area contributed by atoms with Crippen LogP contribution in [-0.2, 0) is 0 Å². The predicted molar refractivity (Wildman–Crippen MR) is 65.6 cm³/mol. The van der Waals surface area contributed by atoms with Crippen LogP contribution in [0.5, 0.6) is 5.75 Å². The van der Waals surface area contributed by atoms with E-state index >= 15 is 0 Å². The Labute approximate surface area is 103 Å². The molecule has 0 spiro atoms. The van der Waals surface area contributed by atoms with Gasteiger partial charge in [0.1, 0.15) is 5.75 Å². The van der Waals surface area contributed by atoms with E-state index in [1.54, 1.807) is 25.6 Å². The van der Waals surface area contributed by atoms with E-state index in [0.717, 1.165) is 16.8 Å². The molecule has 0 radical (unpaired) electrons. The first-order valence-electron chi connectivity index (χ1n) is 5.52. The first kappa shape index (κ1) is 10.6. The predicted octanol–water partition coefficient (Wildman–Crippen LogP) is 1.64. The van der Waals surface area contributed by atoms with Crippen LogP contribution in [0, 0.1) is 0 Å². The smallest absolute Gasteiger partial charge is 0.320 e. The molecular weight excluding hydrogens is 232 g/mol. The van der Waals surface area contributed by atoms with Gasteiger partial charge in [-0.2, -0.15) is 5.10 Å². The van der Waals surface area contributed by atoms with Gasteiger partial charge in [-0.05, 0) is 6.07 Å². The zero-order valence-corrected chi connectivity index (χ0v) is 9.73. The maximum Gasteiger partial charge on any atom is 0.320 e. The molecule has 0 bridgehead atoms. The van der Waals surface area contributed by atoms with Gasteiger partial charge in [0.15, 0.2) is 0 Å². The van der Waals surface area contributed by atoms with E-state index in [2.05, 4.69) is 20.8 Å². The molecule has 18 heavy (non-hydrogen) atoms. The molecule has 2 aromatic rings. The van der Waals surface area contributed by atoms with Gasteiger partial charge in [-0.25, -0.2) is 4.79 Å². The number of methoxy groups -OCH3 is 1. The second-order valence-corrected chi connectivity index (χ2v) is 4.02. The number of H-pyrrole nitrogens is 1. The van der Waals surface area contributed by atoms with Gasteiger partial charge in [0.25, 0.3) is 0 Å². The van der Waals surface area contributed by atoms with E-state index in [4.69, 9.17) is 4.74 Å². The normalized spacial score (nSPS) is 17.6. The first-order chi connectivity index (χ1) is 8.78. The van der Waals surface area contributed by atoms with E-state index in [-0.39, 0.29) is 12.1 Å². The molecule has 0 fully saturated rings. The Morgan fingerprint density at radius 1 is 1.39 bits per heavy atom. The fourth-order valence-corrected chi connectivity index (χ4v) is 2.07. The standard InChI is InChI=1S/C12H12N4O2/c1-18-8-2-3-9-10(4-8)15-12(17)16-11(9)7-5-13-14-6-7/h2-6,11H,1H3,(H,13,14)(H2,15,16,17). The van der Waals surface area contributed by atoms with Crippen LogP contribution < -0.4 is 15.4 Å². The van der Waals surface area contributed by atoms with Crippen molar-refractivity contribution in [1.82, 2.24) is 15.5 Å². The second-order valence-electron chi connectivity index (χ2n) is 4.02. The number of aromatic nitrogens is 2. The summed E-state index contributed by atoms with van der Waals surface area (Å²) in [6.07, 6.45) is 3.47. The number of aromatic amines is 1. The Morgan fingerprint density at radius 3 is 3.00 bits per heavy atom. The van der Waals surface area contributed by atoms with Crippen LogP contribution in [0.3, 0.4) is 0 Å². The van der Waals surface area contributed by atoms with Gasteiger partial charge >= 0.3 is 6.03 Å². The number of fused-ring (bicyclic) bond motifs is 1. The number of carbonyl (C=O) groups is 1. The summed E-state index contributed by atoms with van der Waals surface area (Å²) in [4.78, 5) is 11.6. The van der Waals surface area contributed by atoms with Crippen molar-refractivity contribution in [2.75, 3.05) is 12.4 Å². The Balaban J connectivity index is 2.08. The quantitative estimate of drug-likeness (QED) is 0.751. The molecule has 92 valence electrons. The van der Waals surface area contributed by atoms with Crippen molar-refractivity contribution >= 4 is 11.7 Å². The molecule has 6 nitrogen and oxygen atoms in total. The largest absolute Gasteiger partial charge is 0.497 e. The lowest BCUT2D eigenvalue weighted by Crippen LogP contribution is -2.38. The van der Waals surface area contributed by atoms with Crippen LogP contribution in [0.25, 0.3) is 0 Å². The maximum atomic E-state index is 11.6. The second kappa shape index (κ2) is 4.06. The van der Waals surface area contributed by atoms with Crippen molar-refractivity contribution in [1.29, 1.82) is 0 Å². The average Bonchev–Trinajstić information content (AvgIpc) is 2.90. The lowest BCUT2D eigenvalue weighted by Gasteiger charge is -2.26. The molecule has 2 amide bonds. The molecule has 0 aliphatic carbocycles. The van der Waals surface area contributed by atoms with Crippen molar-refractivity contribution in [3.8, 4) is 5.75 Å². The Kier molecular flexibility index (Phi) is 2.40. The summed E-state index contributed by atoms with van der Waals surface area (Å²) in [6, 6.07) is 5.17. The fraction of sp³-hybridized carbons (Fsp3) is 0.167. The van der Waals surface area contributed by atoms with Gasteiger partial charge in [-0.15, -0.1) is 0 Å². The fourth-order valence-electron chi connectivity index (χ4n) is 2.07. The SMILES string of the molecule is COc1ccc2c(c1)NC(=O)NC2c1cn[nH]c1. The molecule has 3 rings (SSSR count). The van der Waals surface area contributed by atoms with Crippen molar-refractivity contribution in [2.45, 2.75) is 6.04 Å². The molecule has 1 aliphatic heterocycles. The Hall–Kier alpha value is -2.50. The number of nitrogens with one attached hydrogen (secondary N) is 3. The summed E-state index contributed by atoms with van der Waals surface area (Å²) in [5, 5.41) is 12.3. The molecule has 2 heterocycles. The van der Waals surface area contributed by atoms with Crippen molar-refractivity contribution in [3.63, 3.8) is 0 Å². The molecule has 0 saturated carbocycles. The Bertz CT molecular complexity index is 580. The number of hydrogen-bond acceptors (Lipinski definition) is 3. The summed E-state index contributed by atoms with van der Waals surface area (Å²) in [6.45, 7) is 0. The number of rotatable bonds is 2. The number of anilines is 1. The van der Waals surface area contributed by atoms with E-state index in [1.165, 1.54) is 0 Å². The highest BCUT2D eigenvalue weighted by atomic mass is 16.5. The molecule has 0 saturated heterocycles. The summed E-state index contributed by atoms with van der Waals surface area (Å²) in [5.74, 6) is 0.710. The minimum atomic E-state index is -0.234. The summed E-state index contributed by atoms with van der Waals surface area (Å²) in [7, 11) is 1.60. The van der Waals surface area contributed by atoms with E-state index < -0.39 is 0 Å². The maximum absolute atomic E-state index is 11.6. The Morgan fingerprint density at radius 2 is 2.28 bits per heavy atom. The average molecular weight is 244 g/mol. The van der Waals surface area contributed by atoms with Crippen molar-refractivity contribution in [3.05, 3.63) is 41.7 Å². The van der Waals surface area contributed by atoms with Crippen LogP contribution in [0.2, 0.25) is 0 Å². The number of benzene rings is 1. The number of carbonyl (C=O) groups excluding carboxylic acids is 1. The highest BCUT2D eigenvalue weighted by Crippen LogP contribution is 2.33. The molecule has 3 N–H and O–H groups in total. The molecule has 1 atom stereocenters. The van der Waals surface area contributed by atoms with Crippen LogP contribution in [0.4, 0.5) is 10.5 Å². The lowest BCUT2D eigenvalue weighted by molar-refractivity contribution is 0.249. The van der Waals surface area contributed by atoms with Gasteiger partial charge in [0.05, 0.1) is 25.0 Å². The van der Waals surface area contributed by atoms with Crippen LogP contribution in [0.1, 0.15) is 17.2 Å². The van der Waals surface area contributed by atoms with Crippen LogP contribution in [-0.4, -0.2) is 23.3 Å². The third-order valence-electron chi connectivity index (χ3n) is 2.95. The van der Waals surface area contributed by atoms with Crippen molar-refractivity contribution < 1.29 is 9.53 Å². The molecule has 6 heteroatoms. The van der Waals surface area contributed by atoms with E-state index in [1.807, 2.05) is 12.1 Å². The molecule has 1 aliphatic rings. The summed E-state index contributed by atoms with van der Waals surface area (Å²) < 4.78 is 5.15. The first-order valence-corrected chi connectivity index (χ1v) is 5.52. The van der Waals surface area contributed by atoms with E-state index in [0.29, 0.717) is 5.75 Å². The summed E-state index contributed by atoms with van der Waals surface area (Å²) in [5.41, 5.74) is 2.65. The zero-order chi connectivity index (χ0) is 12.5. The highest BCUT2D eigenvalue weighted by Gasteiger charge is 2.26. The van der Waals surface area contributed by atoms with Crippen LogP contribution in [0.15, 0.2) is 30.6 Å². The van der Waals surface area contributed by atoms with Gasteiger partial charge in [-0.3, -0.25) is 5.10 Å². The monoisotopic (exact) mass is 244 g/mol. The van der Waals surface area contributed by atoms with E-state index in [9.17, 15) is 4.79 Å².